The van der Waals surface area contributed by atoms with E-state index >= 15 is 0 Å². The second kappa shape index (κ2) is 6.55. The van der Waals surface area contributed by atoms with Gasteiger partial charge < -0.3 is 5.73 Å². The van der Waals surface area contributed by atoms with Crippen molar-refractivity contribution < 1.29 is 8.42 Å². The third-order valence-electron chi connectivity index (χ3n) is 4.65. The molecule has 1 aliphatic heterocycles. The molecule has 2 rings (SSSR count). The molecule has 3 unspecified atom stereocenters. The zero-order chi connectivity index (χ0) is 14.8. The predicted molar refractivity (Wildman–Crippen MR) is 86.7 cm³/mol. The molecule has 20 heavy (non-hydrogen) atoms. The van der Waals surface area contributed by atoms with Crippen LogP contribution >= 0.6 is 11.8 Å². The Bertz CT molecular complexity index is 427. The summed E-state index contributed by atoms with van der Waals surface area (Å²) < 4.78 is 24.6. The number of nitrogens with two attached hydrogens (primary N) is 1. The number of nitrogens with zero attached hydrogens (tertiary/aromatic N) is 1. The molecule has 2 aliphatic rings. The molecule has 0 aromatic rings. The average Bonchev–Trinajstić information content (AvgIpc) is 2.38. The Labute approximate surface area is 127 Å². The van der Waals surface area contributed by atoms with Crippen molar-refractivity contribution >= 4 is 21.6 Å². The lowest BCUT2D eigenvalue weighted by molar-refractivity contribution is 0.147. The Morgan fingerprint density at radius 2 is 2.20 bits per heavy atom. The van der Waals surface area contributed by atoms with E-state index in [1.807, 2.05) is 0 Å². The average molecular weight is 321 g/mol. The van der Waals surface area contributed by atoms with Crippen LogP contribution in [0.4, 0.5) is 0 Å². The molecular formula is C14H28N2O2S2. The molecular weight excluding hydrogens is 292 g/mol. The number of hydrogen-bond donors (Lipinski definition) is 1. The molecule has 0 amide bonds. The van der Waals surface area contributed by atoms with Gasteiger partial charge in [0, 0.05) is 35.9 Å². The minimum absolute atomic E-state index is 0.193. The van der Waals surface area contributed by atoms with Crippen LogP contribution in [-0.2, 0) is 9.84 Å². The molecule has 1 heterocycles. The number of sulfone groups is 1. The molecule has 118 valence electrons. The highest BCUT2D eigenvalue weighted by Crippen LogP contribution is 2.33. The Kier molecular flexibility index (Phi) is 5.43. The lowest BCUT2D eigenvalue weighted by atomic mass is 9.77. The van der Waals surface area contributed by atoms with Gasteiger partial charge in [0.2, 0.25) is 0 Å². The van der Waals surface area contributed by atoms with Gasteiger partial charge in [-0.15, -0.1) is 0 Å². The van der Waals surface area contributed by atoms with Gasteiger partial charge in [0.1, 0.15) is 5.37 Å². The van der Waals surface area contributed by atoms with Gasteiger partial charge in [-0.1, -0.05) is 26.7 Å². The standard InChI is InChI=1S/C14H28N2O2S2/c1-3-20(17,18)13-10-19-8-7-16(13)11-14(15)6-4-5-12(2)9-14/h12-13H,3-11,15H2,1-2H3. The quantitative estimate of drug-likeness (QED) is 0.854. The normalized spacial score (nSPS) is 37.0. The van der Waals surface area contributed by atoms with Gasteiger partial charge in [0.05, 0.1) is 0 Å². The molecule has 0 radical (unpaired) electrons. The van der Waals surface area contributed by atoms with Crippen molar-refractivity contribution in [2.45, 2.75) is 50.4 Å². The summed E-state index contributed by atoms with van der Waals surface area (Å²) in [5, 5.41) is -0.330. The van der Waals surface area contributed by atoms with Crippen molar-refractivity contribution in [1.82, 2.24) is 4.90 Å². The van der Waals surface area contributed by atoms with Crippen molar-refractivity contribution in [2.24, 2.45) is 11.7 Å². The van der Waals surface area contributed by atoms with E-state index < -0.39 is 9.84 Å². The van der Waals surface area contributed by atoms with Gasteiger partial charge in [-0.05, 0) is 18.8 Å². The summed E-state index contributed by atoms with van der Waals surface area (Å²) in [6, 6.07) is 0. The molecule has 4 nitrogen and oxygen atoms in total. The number of hydrogen-bond acceptors (Lipinski definition) is 5. The van der Waals surface area contributed by atoms with E-state index in [-0.39, 0.29) is 16.7 Å². The summed E-state index contributed by atoms with van der Waals surface area (Å²) in [5.74, 6) is 2.60. The van der Waals surface area contributed by atoms with Crippen molar-refractivity contribution in [3.05, 3.63) is 0 Å². The summed E-state index contributed by atoms with van der Waals surface area (Å²) in [6.07, 6.45) is 4.48. The number of thioether (sulfide) groups is 1. The summed E-state index contributed by atoms with van der Waals surface area (Å²) in [4.78, 5) is 2.15. The number of rotatable bonds is 4. The largest absolute Gasteiger partial charge is 0.324 e. The maximum Gasteiger partial charge on any atom is 0.166 e. The summed E-state index contributed by atoms with van der Waals surface area (Å²) in [6.45, 7) is 5.59. The second-order valence-corrected chi connectivity index (χ2v) is 10.1. The molecule has 0 aromatic heterocycles. The van der Waals surface area contributed by atoms with Crippen molar-refractivity contribution in [3.8, 4) is 0 Å². The Hall–Kier alpha value is 0.220. The fourth-order valence-corrected chi connectivity index (χ4v) is 6.65. The molecule has 0 aromatic carbocycles. The molecule has 1 saturated carbocycles. The zero-order valence-electron chi connectivity index (χ0n) is 12.7. The molecule has 2 N–H and O–H groups in total. The van der Waals surface area contributed by atoms with Gasteiger partial charge in [-0.25, -0.2) is 8.42 Å². The third kappa shape index (κ3) is 3.90. The van der Waals surface area contributed by atoms with Crippen molar-refractivity contribution in [1.29, 1.82) is 0 Å². The molecule has 3 atom stereocenters. The molecule has 0 bridgehead atoms. The lowest BCUT2D eigenvalue weighted by Gasteiger charge is -2.44. The highest BCUT2D eigenvalue weighted by molar-refractivity contribution is 8.01. The van der Waals surface area contributed by atoms with Gasteiger partial charge >= 0.3 is 0 Å². The molecule has 1 aliphatic carbocycles. The monoisotopic (exact) mass is 320 g/mol. The van der Waals surface area contributed by atoms with Crippen LogP contribution in [-0.4, -0.2) is 54.6 Å². The molecule has 6 heteroatoms. The SMILES string of the molecule is CCS(=O)(=O)C1CSCCN1CC1(N)CCCC(C)C1. The molecule has 1 saturated heterocycles. The van der Waals surface area contributed by atoms with Gasteiger partial charge in [-0.2, -0.15) is 11.8 Å². The first-order chi connectivity index (χ1) is 9.36. The highest BCUT2D eigenvalue weighted by atomic mass is 32.2. The van der Waals surface area contributed by atoms with E-state index in [0.717, 1.165) is 31.7 Å². The van der Waals surface area contributed by atoms with Crippen LogP contribution in [0.15, 0.2) is 0 Å². The van der Waals surface area contributed by atoms with Crippen molar-refractivity contribution in [2.75, 3.05) is 30.3 Å². The summed E-state index contributed by atoms with van der Waals surface area (Å²) >= 11 is 1.75. The third-order valence-corrected chi connectivity index (χ3v) is 7.98. The van der Waals surface area contributed by atoms with Crippen LogP contribution in [0, 0.1) is 5.92 Å². The highest BCUT2D eigenvalue weighted by Gasteiger charge is 2.39. The Morgan fingerprint density at radius 1 is 1.45 bits per heavy atom. The summed E-state index contributed by atoms with van der Waals surface area (Å²) in [7, 11) is -3.01. The van der Waals surface area contributed by atoms with Crippen LogP contribution in [0.25, 0.3) is 0 Å². The summed E-state index contributed by atoms with van der Waals surface area (Å²) in [5.41, 5.74) is 6.39. The van der Waals surface area contributed by atoms with Crippen LogP contribution in [0.2, 0.25) is 0 Å². The van der Waals surface area contributed by atoms with E-state index in [9.17, 15) is 8.42 Å². The van der Waals surface area contributed by atoms with Gasteiger partial charge in [0.15, 0.2) is 9.84 Å². The minimum Gasteiger partial charge on any atom is -0.324 e. The first-order valence-corrected chi connectivity index (χ1v) is 10.6. The maximum absolute atomic E-state index is 12.3. The van der Waals surface area contributed by atoms with E-state index in [2.05, 4.69) is 11.8 Å². The Balaban J connectivity index is 2.09. The van der Waals surface area contributed by atoms with Crippen LogP contribution in [0.3, 0.4) is 0 Å². The fourth-order valence-electron chi connectivity index (χ4n) is 3.57. The molecule has 0 spiro atoms. The Morgan fingerprint density at radius 3 is 2.85 bits per heavy atom. The second-order valence-electron chi connectivity index (χ2n) is 6.52. The van der Waals surface area contributed by atoms with Gasteiger partial charge in [0.25, 0.3) is 0 Å². The van der Waals surface area contributed by atoms with E-state index in [1.54, 1.807) is 18.7 Å². The van der Waals surface area contributed by atoms with Crippen LogP contribution in [0.1, 0.15) is 39.5 Å². The minimum atomic E-state index is -3.01. The van der Waals surface area contributed by atoms with E-state index in [4.69, 9.17) is 5.73 Å². The van der Waals surface area contributed by atoms with E-state index in [0.29, 0.717) is 11.7 Å². The smallest absolute Gasteiger partial charge is 0.166 e. The first-order valence-electron chi connectivity index (χ1n) is 7.68. The molecule has 2 fully saturated rings. The first kappa shape index (κ1) is 16.6. The zero-order valence-corrected chi connectivity index (χ0v) is 14.3. The lowest BCUT2D eigenvalue weighted by Crippen LogP contribution is -2.58. The van der Waals surface area contributed by atoms with Crippen LogP contribution in [0.5, 0.6) is 0 Å². The van der Waals surface area contributed by atoms with Crippen molar-refractivity contribution in [3.63, 3.8) is 0 Å². The van der Waals surface area contributed by atoms with E-state index in [1.165, 1.54) is 12.8 Å². The van der Waals surface area contributed by atoms with Crippen LogP contribution < -0.4 is 5.73 Å². The maximum atomic E-state index is 12.3. The predicted octanol–water partition coefficient (Wildman–Crippen LogP) is 1.70. The van der Waals surface area contributed by atoms with Gasteiger partial charge in [-0.3, -0.25) is 4.90 Å². The topological polar surface area (TPSA) is 63.4 Å². The fraction of sp³-hybridized carbons (Fsp3) is 1.00.